The van der Waals surface area contributed by atoms with E-state index in [2.05, 4.69) is 15.4 Å². The lowest BCUT2D eigenvalue weighted by atomic mass is 10.1. The highest BCUT2D eigenvalue weighted by Gasteiger charge is 2.27. The number of nitrogens with one attached hydrogen (secondary N) is 2. The Kier molecular flexibility index (Phi) is 6.15. The predicted octanol–water partition coefficient (Wildman–Crippen LogP) is 1.44. The van der Waals surface area contributed by atoms with Gasteiger partial charge in [-0.3, -0.25) is 4.79 Å². The molecule has 0 aliphatic rings. The van der Waals surface area contributed by atoms with Gasteiger partial charge < -0.3 is 26.2 Å². The molecule has 0 bridgehead atoms. The summed E-state index contributed by atoms with van der Waals surface area (Å²) in [6, 6.07) is 12.4. The number of hydrogen-bond acceptors (Lipinski definition) is 6. The Morgan fingerprint density at radius 3 is 2.38 bits per heavy atom. The van der Waals surface area contributed by atoms with Gasteiger partial charge in [0.05, 0.1) is 24.0 Å². The SMILES string of the molecule is COC(=O)C(Nc1cccc(C(=O)O)c1NCc1ccccc1)C(N)=O. The molecule has 2 rings (SSSR count). The van der Waals surface area contributed by atoms with Crippen LogP contribution < -0.4 is 16.4 Å². The van der Waals surface area contributed by atoms with Crippen molar-refractivity contribution in [2.24, 2.45) is 5.73 Å². The molecule has 26 heavy (non-hydrogen) atoms. The molecular formula is C18H19N3O5. The second kappa shape index (κ2) is 8.52. The summed E-state index contributed by atoms with van der Waals surface area (Å²) in [5.41, 5.74) is 6.63. The summed E-state index contributed by atoms with van der Waals surface area (Å²) in [4.78, 5) is 34.8. The largest absolute Gasteiger partial charge is 0.478 e. The van der Waals surface area contributed by atoms with E-state index in [0.29, 0.717) is 6.54 Å². The molecule has 136 valence electrons. The quantitative estimate of drug-likeness (QED) is 0.415. The van der Waals surface area contributed by atoms with Gasteiger partial charge in [0.1, 0.15) is 0 Å². The smallest absolute Gasteiger partial charge is 0.338 e. The van der Waals surface area contributed by atoms with Crippen LogP contribution in [0.4, 0.5) is 11.4 Å². The van der Waals surface area contributed by atoms with Crippen LogP contribution in [0.2, 0.25) is 0 Å². The number of hydrogen-bond donors (Lipinski definition) is 4. The Morgan fingerprint density at radius 2 is 1.81 bits per heavy atom. The third kappa shape index (κ3) is 4.50. The van der Waals surface area contributed by atoms with Gasteiger partial charge >= 0.3 is 11.9 Å². The second-order valence-electron chi connectivity index (χ2n) is 5.38. The van der Waals surface area contributed by atoms with E-state index in [0.717, 1.165) is 12.7 Å². The number of rotatable bonds is 8. The van der Waals surface area contributed by atoms with Crippen molar-refractivity contribution in [2.45, 2.75) is 12.6 Å². The third-order valence-corrected chi connectivity index (χ3v) is 3.63. The first-order chi connectivity index (χ1) is 12.4. The van der Waals surface area contributed by atoms with E-state index in [9.17, 15) is 19.5 Å². The standard InChI is InChI=1S/C18H19N3O5/c1-26-18(25)15(16(19)22)21-13-9-5-8-12(17(23)24)14(13)20-10-11-6-3-2-4-7-11/h2-9,15,20-21H,10H2,1H3,(H2,19,22)(H,23,24). The summed E-state index contributed by atoms with van der Waals surface area (Å²) in [6.45, 7) is 0.347. The highest BCUT2D eigenvalue weighted by atomic mass is 16.5. The number of benzene rings is 2. The Labute approximate surface area is 150 Å². The molecule has 2 aromatic rings. The van der Waals surface area contributed by atoms with E-state index in [1.807, 2.05) is 30.3 Å². The lowest BCUT2D eigenvalue weighted by molar-refractivity contribution is -0.144. The van der Waals surface area contributed by atoms with Gasteiger partial charge in [-0.1, -0.05) is 36.4 Å². The zero-order valence-electron chi connectivity index (χ0n) is 14.1. The van der Waals surface area contributed by atoms with Gasteiger partial charge in [0.15, 0.2) is 0 Å². The third-order valence-electron chi connectivity index (χ3n) is 3.63. The van der Waals surface area contributed by atoms with Crippen LogP contribution in [0, 0.1) is 0 Å². The van der Waals surface area contributed by atoms with Gasteiger partial charge in [0, 0.05) is 6.54 Å². The summed E-state index contributed by atoms with van der Waals surface area (Å²) >= 11 is 0. The monoisotopic (exact) mass is 357 g/mol. The summed E-state index contributed by atoms with van der Waals surface area (Å²) in [5.74, 6) is -2.96. The average molecular weight is 357 g/mol. The lowest BCUT2D eigenvalue weighted by Gasteiger charge is -2.19. The molecule has 1 unspecified atom stereocenters. The molecule has 0 heterocycles. The number of ether oxygens (including phenoxy) is 1. The Bertz CT molecular complexity index is 808. The number of nitrogens with two attached hydrogens (primary N) is 1. The van der Waals surface area contributed by atoms with Crippen molar-refractivity contribution in [2.75, 3.05) is 17.7 Å². The highest BCUT2D eigenvalue weighted by molar-refractivity contribution is 6.05. The van der Waals surface area contributed by atoms with Gasteiger partial charge in [-0.15, -0.1) is 0 Å². The maximum absolute atomic E-state index is 11.7. The van der Waals surface area contributed by atoms with Crippen molar-refractivity contribution in [1.82, 2.24) is 0 Å². The molecule has 1 amide bonds. The van der Waals surface area contributed by atoms with Crippen molar-refractivity contribution < 1.29 is 24.2 Å². The van der Waals surface area contributed by atoms with E-state index in [1.165, 1.54) is 12.1 Å². The van der Waals surface area contributed by atoms with Crippen molar-refractivity contribution in [1.29, 1.82) is 0 Å². The first kappa shape index (κ1) is 18.8. The van der Waals surface area contributed by atoms with Crippen molar-refractivity contribution in [3.05, 3.63) is 59.7 Å². The molecule has 8 nitrogen and oxygen atoms in total. The van der Waals surface area contributed by atoms with E-state index in [-0.39, 0.29) is 16.9 Å². The van der Waals surface area contributed by atoms with Gasteiger partial charge in [0.2, 0.25) is 6.04 Å². The van der Waals surface area contributed by atoms with Crippen LogP contribution in [0.3, 0.4) is 0 Å². The van der Waals surface area contributed by atoms with Crippen LogP contribution in [-0.4, -0.2) is 36.1 Å². The topological polar surface area (TPSA) is 131 Å². The first-order valence-electron chi connectivity index (χ1n) is 7.71. The molecular weight excluding hydrogens is 338 g/mol. The molecule has 0 aromatic heterocycles. The van der Waals surface area contributed by atoms with Crippen LogP contribution in [-0.2, 0) is 20.9 Å². The number of methoxy groups -OCH3 is 1. The molecule has 0 aliphatic heterocycles. The van der Waals surface area contributed by atoms with Crippen LogP contribution in [0.1, 0.15) is 15.9 Å². The van der Waals surface area contributed by atoms with Crippen molar-refractivity contribution in [3.63, 3.8) is 0 Å². The maximum atomic E-state index is 11.7. The average Bonchev–Trinajstić information content (AvgIpc) is 2.64. The lowest BCUT2D eigenvalue weighted by Crippen LogP contribution is -2.43. The maximum Gasteiger partial charge on any atom is 0.338 e. The number of esters is 1. The van der Waals surface area contributed by atoms with E-state index >= 15 is 0 Å². The fourth-order valence-electron chi connectivity index (χ4n) is 2.35. The van der Waals surface area contributed by atoms with Crippen molar-refractivity contribution in [3.8, 4) is 0 Å². The number of para-hydroxylation sites is 1. The summed E-state index contributed by atoms with van der Waals surface area (Å²) in [6.07, 6.45) is 0. The summed E-state index contributed by atoms with van der Waals surface area (Å²) < 4.78 is 4.55. The molecule has 2 aromatic carbocycles. The summed E-state index contributed by atoms with van der Waals surface area (Å²) in [7, 11) is 1.13. The Balaban J connectivity index is 2.35. The number of primary amides is 1. The molecule has 0 radical (unpaired) electrons. The zero-order valence-corrected chi connectivity index (χ0v) is 14.1. The predicted molar refractivity (Wildman–Crippen MR) is 95.8 cm³/mol. The number of carboxylic acids is 1. The molecule has 0 saturated carbocycles. The first-order valence-corrected chi connectivity index (χ1v) is 7.71. The second-order valence-corrected chi connectivity index (χ2v) is 5.38. The normalized spacial score (nSPS) is 11.3. The molecule has 0 aliphatic carbocycles. The highest BCUT2D eigenvalue weighted by Crippen LogP contribution is 2.28. The van der Waals surface area contributed by atoms with Gasteiger partial charge in [-0.05, 0) is 17.7 Å². The molecule has 8 heteroatoms. The van der Waals surface area contributed by atoms with Crippen LogP contribution in [0.25, 0.3) is 0 Å². The van der Waals surface area contributed by atoms with Crippen LogP contribution in [0.5, 0.6) is 0 Å². The number of carbonyl (C=O) groups is 3. The van der Waals surface area contributed by atoms with E-state index < -0.39 is 23.9 Å². The fraction of sp³-hybridized carbons (Fsp3) is 0.167. The fourth-order valence-corrected chi connectivity index (χ4v) is 2.35. The number of carboxylic acid groups (broad SMARTS) is 1. The van der Waals surface area contributed by atoms with Crippen LogP contribution >= 0.6 is 0 Å². The minimum absolute atomic E-state index is 0.0148. The van der Waals surface area contributed by atoms with Crippen LogP contribution in [0.15, 0.2) is 48.5 Å². The molecule has 5 N–H and O–H groups in total. The number of amides is 1. The van der Waals surface area contributed by atoms with Gasteiger partial charge in [-0.2, -0.15) is 0 Å². The number of anilines is 2. The number of carbonyl (C=O) groups excluding carboxylic acids is 2. The zero-order chi connectivity index (χ0) is 19.1. The molecule has 0 fully saturated rings. The Hall–Kier alpha value is -3.55. The number of aromatic carboxylic acids is 1. The molecule has 0 spiro atoms. The minimum Gasteiger partial charge on any atom is -0.478 e. The Morgan fingerprint density at radius 1 is 1.12 bits per heavy atom. The van der Waals surface area contributed by atoms with Crippen molar-refractivity contribution >= 4 is 29.2 Å². The van der Waals surface area contributed by atoms with Gasteiger partial charge in [-0.25, -0.2) is 9.59 Å². The van der Waals surface area contributed by atoms with Gasteiger partial charge in [0.25, 0.3) is 5.91 Å². The van der Waals surface area contributed by atoms with E-state index in [1.54, 1.807) is 6.07 Å². The molecule has 1 atom stereocenters. The minimum atomic E-state index is -1.44. The van der Waals surface area contributed by atoms with E-state index in [4.69, 9.17) is 5.73 Å². The summed E-state index contributed by atoms with van der Waals surface area (Å²) in [5, 5.41) is 15.1. The molecule has 0 saturated heterocycles.